The molecule has 0 amide bonds. The van der Waals surface area contributed by atoms with Gasteiger partial charge in [-0.15, -0.1) is 0 Å². The molecule has 1 N–H and O–H groups in total. The molecule has 1 saturated heterocycles. The average Bonchev–Trinajstić information content (AvgIpc) is 3.04. The summed E-state index contributed by atoms with van der Waals surface area (Å²) in [6.45, 7) is 13.1. The number of nitrogens with one attached hydrogen (secondary N) is 1. The van der Waals surface area contributed by atoms with Crippen molar-refractivity contribution in [1.82, 2.24) is 9.62 Å². The molecule has 0 aromatic heterocycles. The van der Waals surface area contributed by atoms with Crippen molar-refractivity contribution < 1.29 is 13.2 Å². The zero-order valence-electron chi connectivity index (χ0n) is 16.1. The summed E-state index contributed by atoms with van der Waals surface area (Å²) in [5.74, 6) is 1.15. The number of sulfonamides is 1. The molecule has 5 nitrogen and oxygen atoms in total. The maximum atomic E-state index is 12.8. The number of aryl methyl sites for hydroxylation is 2. The minimum atomic E-state index is -3.54. The molecule has 142 valence electrons. The highest BCUT2D eigenvalue weighted by atomic mass is 32.2. The van der Waals surface area contributed by atoms with Crippen LogP contribution in [-0.4, -0.2) is 45.6 Å². The normalized spacial score (nSPS) is 17.2. The first-order valence-corrected chi connectivity index (χ1v) is 10.7. The molecule has 1 aliphatic heterocycles. The van der Waals surface area contributed by atoms with Crippen molar-refractivity contribution in [2.45, 2.75) is 58.4 Å². The van der Waals surface area contributed by atoms with Gasteiger partial charge in [0.15, 0.2) is 0 Å². The van der Waals surface area contributed by atoms with Gasteiger partial charge in [-0.1, -0.05) is 13.8 Å². The Hall–Kier alpha value is -1.11. The van der Waals surface area contributed by atoms with Gasteiger partial charge in [0.2, 0.25) is 10.0 Å². The molecule has 1 fully saturated rings. The number of ether oxygens (including phenoxy) is 1. The summed E-state index contributed by atoms with van der Waals surface area (Å²) < 4.78 is 34.1. The van der Waals surface area contributed by atoms with Crippen LogP contribution in [0.4, 0.5) is 0 Å². The van der Waals surface area contributed by atoms with Crippen LogP contribution in [0.15, 0.2) is 17.0 Å². The third-order valence-electron chi connectivity index (χ3n) is 4.92. The van der Waals surface area contributed by atoms with Crippen molar-refractivity contribution in [3.63, 3.8) is 0 Å². The Balaban J connectivity index is 2.16. The first kappa shape index (κ1) is 20.2. The monoisotopic (exact) mass is 368 g/mol. The molecule has 1 aromatic carbocycles. The van der Waals surface area contributed by atoms with E-state index in [1.165, 1.54) is 12.8 Å². The fourth-order valence-corrected chi connectivity index (χ4v) is 4.86. The minimum absolute atomic E-state index is 0.237. The second-order valence-electron chi connectivity index (χ2n) is 7.22. The SMILES string of the molecule is CCOc1cc(C)c(S(=O)(=O)NCC(C(C)C)N2CCCC2)cc1C. The van der Waals surface area contributed by atoms with Crippen LogP contribution in [0.5, 0.6) is 5.75 Å². The van der Waals surface area contributed by atoms with Gasteiger partial charge < -0.3 is 4.74 Å². The molecule has 0 spiro atoms. The molecular weight excluding hydrogens is 336 g/mol. The smallest absolute Gasteiger partial charge is 0.240 e. The molecule has 0 saturated carbocycles. The minimum Gasteiger partial charge on any atom is -0.494 e. The van der Waals surface area contributed by atoms with Crippen molar-refractivity contribution in [2.24, 2.45) is 5.92 Å². The highest BCUT2D eigenvalue weighted by Crippen LogP contribution is 2.26. The van der Waals surface area contributed by atoms with Crippen molar-refractivity contribution >= 4 is 10.0 Å². The summed E-state index contributed by atoms with van der Waals surface area (Å²) in [6, 6.07) is 3.76. The molecular formula is C19H32N2O3S. The van der Waals surface area contributed by atoms with Gasteiger partial charge in [-0.2, -0.15) is 0 Å². The average molecular weight is 369 g/mol. The molecule has 25 heavy (non-hydrogen) atoms. The zero-order chi connectivity index (χ0) is 18.6. The molecule has 0 radical (unpaired) electrons. The highest BCUT2D eigenvalue weighted by molar-refractivity contribution is 7.89. The van der Waals surface area contributed by atoms with Gasteiger partial charge in [0, 0.05) is 12.6 Å². The lowest BCUT2D eigenvalue weighted by molar-refractivity contribution is 0.193. The van der Waals surface area contributed by atoms with Gasteiger partial charge in [0.05, 0.1) is 11.5 Å². The Labute approximate surface area is 152 Å². The van der Waals surface area contributed by atoms with Gasteiger partial charge in [-0.05, 0) is 75.9 Å². The molecule has 1 aliphatic rings. The Morgan fingerprint density at radius 1 is 1.16 bits per heavy atom. The summed E-state index contributed by atoms with van der Waals surface area (Å²) in [5, 5.41) is 0. The van der Waals surface area contributed by atoms with E-state index < -0.39 is 10.0 Å². The number of likely N-dealkylation sites (tertiary alicyclic amines) is 1. The summed E-state index contributed by atoms with van der Waals surface area (Å²) in [4.78, 5) is 2.75. The number of benzene rings is 1. The van der Waals surface area contributed by atoms with Crippen LogP contribution < -0.4 is 9.46 Å². The Morgan fingerprint density at radius 3 is 2.36 bits per heavy atom. The molecule has 0 aliphatic carbocycles. The largest absolute Gasteiger partial charge is 0.494 e. The summed E-state index contributed by atoms with van der Waals surface area (Å²) in [5.41, 5.74) is 1.55. The Morgan fingerprint density at radius 2 is 1.80 bits per heavy atom. The standard InChI is InChI=1S/C19H32N2O3S/c1-6-24-18-11-16(5)19(12-15(18)4)25(22,23)20-13-17(14(2)3)21-9-7-8-10-21/h11-12,14,17,20H,6-10,13H2,1-5H3. The topological polar surface area (TPSA) is 58.6 Å². The number of nitrogens with zero attached hydrogens (tertiary/aromatic N) is 1. The lowest BCUT2D eigenvalue weighted by Crippen LogP contribution is -2.45. The van der Waals surface area contributed by atoms with E-state index in [0.29, 0.717) is 29.5 Å². The molecule has 1 atom stereocenters. The maximum absolute atomic E-state index is 12.8. The van der Waals surface area contributed by atoms with Crippen LogP contribution in [0.3, 0.4) is 0 Å². The van der Waals surface area contributed by atoms with Crippen molar-refractivity contribution in [1.29, 1.82) is 0 Å². The van der Waals surface area contributed by atoms with E-state index in [1.54, 1.807) is 6.07 Å². The van der Waals surface area contributed by atoms with Crippen LogP contribution in [0.1, 0.15) is 44.7 Å². The molecule has 1 aromatic rings. The predicted octanol–water partition coefficient (Wildman–Crippen LogP) is 3.10. The molecule has 0 bridgehead atoms. The predicted molar refractivity (Wildman–Crippen MR) is 102 cm³/mol. The van der Waals surface area contributed by atoms with Crippen molar-refractivity contribution in [2.75, 3.05) is 26.2 Å². The van der Waals surface area contributed by atoms with Crippen LogP contribution in [0.2, 0.25) is 0 Å². The van der Waals surface area contributed by atoms with E-state index in [-0.39, 0.29) is 6.04 Å². The summed E-state index contributed by atoms with van der Waals surface area (Å²) in [6.07, 6.45) is 2.40. The summed E-state index contributed by atoms with van der Waals surface area (Å²) >= 11 is 0. The highest BCUT2D eigenvalue weighted by Gasteiger charge is 2.27. The summed E-state index contributed by atoms with van der Waals surface area (Å²) in [7, 11) is -3.54. The van der Waals surface area contributed by atoms with Gasteiger partial charge in [0.25, 0.3) is 0 Å². The third-order valence-corrected chi connectivity index (χ3v) is 6.49. The second kappa shape index (κ2) is 8.52. The van der Waals surface area contributed by atoms with Gasteiger partial charge >= 0.3 is 0 Å². The number of hydrogen-bond acceptors (Lipinski definition) is 4. The van der Waals surface area contributed by atoms with E-state index in [9.17, 15) is 8.42 Å². The van der Waals surface area contributed by atoms with Crippen LogP contribution in [0.25, 0.3) is 0 Å². The van der Waals surface area contributed by atoms with E-state index in [0.717, 1.165) is 24.4 Å². The van der Waals surface area contributed by atoms with E-state index in [1.807, 2.05) is 26.8 Å². The van der Waals surface area contributed by atoms with Gasteiger partial charge in [-0.25, -0.2) is 13.1 Å². The lowest BCUT2D eigenvalue weighted by Gasteiger charge is -2.31. The van der Waals surface area contributed by atoms with Crippen molar-refractivity contribution in [3.05, 3.63) is 23.3 Å². The van der Waals surface area contributed by atoms with E-state index >= 15 is 0 Å². The van der Waals surface area contributed by atoms with Gasteiger partial charge in [0.1, 0.15) is 5.75 Å². The fraction of sp³-hybridized carbons (Fsp3) is 0.684. The molecule has 1 heterocycles. The second-order valence-corrected chi connectivity index (χ2v) is 8.96. The van der Waals surface area contributed by atoms with Gasteiger partial charge in [-0.3, -0.25) is 4.90 Å². The molecule has 1 unspecified atom stereocenters. The first-order chi connectivity index (χ1) is 11.8. The first-order valence-electron chi connectivity index (χ1n) is 9.24. The Bertz CT molecular complexity index is 680. The Kier molecular flexibility index (Phi) is 6.88. The number of rotatable bonds is 8. The lowest BCUT2D eigenvalue weighted by atomic mass is 10.0. The van der Waals surface area contributed by atoms with Crippen LogP contribution >= 0.6 is 0 Å². The quantitative estimate of drug-likeness (QED) is 0.766. The van der Waals surface area contributed by atoms with E-state index in [2.05, 4.69) is 23.5 Å². The maximum Gasteiger partial charge on any atom is 0.240 e. The van der Waals surface area contributed by atoms with Crippen LogP contribution in [0, 0.1) is 19.8 Å². The fourth-order valence-electron chi connectivity index (χ4n) is 3.50. The zero-order valence-corrected chi connectivity index (χ0v) is 16.9. The van der Waals surface area contributed by atoms with Crippen LogP contribution in [-0.2, 0) is 10.0 Å². The third kappa shape index (κ3) is 4.96. The number of hydrogen-bond donors (Lipinski definition) is 1. The molecule has 2 rings (SSSR count). The van der Waals surface area contributed by atoms with E-state index in [4.69, 9.17) is 4.74 Å². The molecule has 6 heteroatoms. The van der Waals surface area contributed by atoms with Crippen molar-refractivity contribution in [3.8, 4) is 5.75 Å².